The predicted molar refractivity (Wildman–Crippen MR) is 76.7 cm³/mol. The van der Waals surface area contributed by atoms with Gasteiger partial charge in [0.1, 0.15) is 11.6 Å². The lowest BCUT2D eigenvalue weighted by Gasteiger charge is -2.22. The fourth-order valence-electron chi connectivity index (χ4n) is 2.12. The van der Waals surface area contributed by atoms with Crippen LogP contribution in [-0.4, -0.2) is 29.7 Å². The second kappa shape index (κ2) is 5.95. The number of hydrogen-bond donors (Lipinski definition) is 1. The van der Waals surface area contributed by atoms with Gasteiger partial charge in [0.05, 0.1) is 24.9 Å². The van der Waals surface area contributed by atoms with Gasteiger partial charge in [0.25, 0.3) is 0 Å². The Labute approximate surface area is 124 Å². The molecule has 2 aromatic rings. The molecular weight excluding hydrogens is 325 g/mol. The molecular formula is C14H13BrFN3O. The zero-order valence-corrected chi connectivity index (χ0v) is 12.2. The number of halogens is 2. The van der Waals surface area contributed by atoms with Crippen LogP contribution in [0.3, 0.4) is 0 Å². The highest BCUT2D eigenvalue weighted by atomic mass is 79.9. The van der Waals surface area contributed by atoms with E-state index in [1.807, 2.05) is 0 Å². The summed E-state index contributed by atoms with van der Waals surface area (Å²) >= 11 is 3.35. The molecule has 1 aromatic carbocycles. The molecule has 3 rings (SSSR count). The monoisotopic (exact) mass is 337 g/mol. The molecule has 1 saturated heterocycles. The van der Waals surface area contributed by atoms with Crippen molar-refractivity contribution < 1.29 is 9.13 Å². The second-order valence-corrected chi connectivity index (χ2v) is 5.42. The Hall–Kier alpha value is -1.37. The number of aromatic nitrogens is 2. The molecule has 0 radical (unpaired) electrons. The van der Waals surface area contributed by atoms with E-state index in [9.17, 15) is 4.39 Å². The summed E-state index contributed by atoms with van der Waals surface area (Å²) in [6.45, 7) is 1.99. The molecule has 1 fully saturated rings. The summed E-state index contributed by atoms with van der Waals surface area (Å²) in [4.78, 5) is 8.71. The van der Waals surface area contributed by atoms with Crippen LogP contribution < -0.4 is 5.32 Å². The van der Waals surface area contributed by atoms with Crippen LogP contribution >= 0.6 is 15.9 Å². The maximum Gasteiger partial charge on any atom is 0.148 e. The SMILES string of the molecule is Fc1ccc(Br)cc1-c1ccnc(C2COCCN2)n1. The molecule has 1 aliphatic heterocycles. The van der Waals surface area contributed by atoms with Gasteiger partial charge in [0.2, 0.25) is 0 Å². The highest BCUT2D eigenvalue weighted by molar-refractivity contribution is 9.10. The van der Waals surface area contributed by atoms with Crippen molar-refractivity contribution >= 4 is 15.9 Å². The zero-order valence-electron chi connectivity index (χ0n) is 10.6. The van der Waals surface area contributed by atoms with E-state index in [4.69, 9.17) is 4.74 Å². The van der Waals surface area contributed by atoms with E-state index < -0.39 is 0 Å². The van der Waals surface area contributed by atoms with Gasteiger partial charge in [0, 0.05) is 22.8 Å². The first-order valence-electron chi connectivity index (χ1n) is 6.33. The lowest BCUT2D eigenvalue weighted by Crippen LogP contribution is -2.35. The van der Waals surface area contributed by atoms with Crippen LogP contribution in [0.1, 0.15) is 11.9 Å². The molecule has 4 nitrogen and oxygen atoms in total. The summed E-state index contributed by atoms with van der Waals surface area (Å²) in [6, 6.07) is 6.46. The lowest BCUT2D eigenvalue weighted by atomic mass is 10.1. The number of hydrogen-bond acceptors (Lipinski definition) is 4. The number of ether oxygens (including phenoxy) is 1. The quantitative estimate of drug-likeness (QED) is 0.915. The van der Waals surface area contributed by atoms with E-state index >= 15 is 0 Å². The number of nitrogens with zero attached hydrogens (tertiary/aromatic N) is 2. The van der Waals surface area contributed by atoms with Crippen LogP contribution in [0, 0.1) is 5.82 Å². The third-order valence-corrected chi connectivity index (χ3v) is 3.61. The van der Waals surface area contributed by atoms with E-state index in [-0.39, 0.29) is 11.9 Å². The first-order valence-corrected chi connectivity index (χ1v) is 7.13. The Balaban J connectivity index is 1.96. The predicted octanol–water partition coefficient (Wildman–Crippen LogP) is 2.71. The van der Waals surface area contributed by atoms with Crippen molar-refractivity contribution in [3.05, 3.63) is 46.6 Å². The summed E-state index contributed by atoms with van der Waals surface area (Å²) in [5.41, 5.74) is 1.03. The van der Waals surface area contributed by atoms with Crippen molar-refractivity contribution in [2.45, 2.75) is 6.04 Å². The molecule has 0 saturated carbocycles. The van der Waals surface area contributed by atoms with E-state index in [2.05, 4.69) is 31.2 Å². The molecule has 0 spiro atoms. The Morgan fingerprint density at radius 2 is 2.25 bits per heavy atom. The lowest BCUT2D eigenvalue weighted by molar-refractivity contribution is 0.0742. The van der Waals surface area contributed by atoms with Gasteiger partial charge in [-0.15, -0.1) is 0 Å². The van der Waals surface area contributed by atoms with Gasteiger partial charge in [-0.1, -0.05) is 15.9 Å². The maximum atomic E-state index is 13.9. The summed E-state index contributed by atoms with van der Waals surface area (Å²) in [7, 11) is 0. The Kier molecular flexibility index (Phi) is 4.05. The van der Waals surface area contributed by atoms with E-state index in [0.29, 0.717) is 30.3 Å². The fraction of sp³-hybridized carbons (Fsp3) is 0.286. The number of benzene rings is 1. The average molecular weight is 338 g/mol. The van der Waals surface area contributed by atoms with Crippen molar-refractivity contribution in [2.75, 3.05) is 19.8 Å². The molecule has 0 amide bonds. The normalized spacial score (nSPS) is 19.0. The van der Waals surface area contributed by atoms with Gasteiger partial charge in [-0.3, -0.25) is 0 Å². The van der Waals surface area contributed by atoms with Crippen LogP contribution in [0.2, 0.25) is 0 Å². The van der Waals surface area contributed by atoms with Crippen LogP contribution in [0.5, 0.6) is 0 Å². The highest BCUT2D eigenvalue weighted by Crippen LogP contribution is 2.25. The molecule has 6 heteroatoms. The molecule has 1 unspecified atom stereocenters. The minimum absolute atomic E-state index is 0.0427. The van der Waals surface area contributed by atoms with Crippen LogP contribution in [0.25, 0.3) is 11.3 Å². The van der Waals surface area contributed by atoms with Crippen LogP contribution in [-0.2, 0) is 4.74 Å². The van der Waals surface area contributed by atoms with Crippen molar-refractivity contribution in [3.8, 4) is 11.3 Å². The smallest absolute Gasteiger partial charge is 0.148 e. The van der Waals surface area contributed by atoms with Crippen molar-refractivity contribution in [3.63, 3.8) is 0 Å². The molecule has 0 aliphatic carbocycles. The summed E-state index contributed by atoms with van der Waals surface area (Å²) in [6.07, 6.45) is 1.65. The molecule has 1 aromatic heterocycles. The highest BCUT2D eigenvalue weighted by Gasteiger charge is 2.19. The summed E-state index contributed by atoms with van der Waals surface area (Å²) in [5, 5.41) is 3.29. The van der Waals surface area contributed by atoms with Gasteiger partial charge in [-0.05, 0) is 24.3 Å². The van der Waals surface area contributed by atoms with Crippen molar-refractivity contribution in [1.29, 1.82) is 0 Å². The standard InChI is InChI=1S/C14H13BrFN3O/c15-9-1-2-11(16)10(7-9)12-3-4-18-14(19-12)13-8-20-6-5-17-13/h1-4,7,13,17H,5-6,8H2. The summed E-state index contributed by atoms with van der Waals surface area (Å²) < 4.78 is 20.1. The molecule has 2 heterocycles. The number of rotatable bonds is 2. The number of nitrogens with one attached hydrogen (secondary N) is 1. The Morgan fingerprint density at radius 3 is 3.05 bits per heavy atom. The third kappa shape index (κ3) is 2.87. The second-order valence-electron chi connectivity index (χ2n) is 4.51. The van der Waals surface area contributed by atoms with E-state index in [1.54, 1.807) is 24.4 Å². The largest absolute Gasteiger partial charge is 0.378 e. The molecule has 20 heavy (non-hydrogen) atoms. The topological polar surface area (TPSA) is 47.0 Å². The molecule has 1 aliphatic rings. The average Bonchev–Trinajstić information content (AvgIpc) is 2.51. The van der Waals surface area contributed by atoms with Crippen molar-refractivity contribution in [2.24, 2.45) is 0 Å². The van der Waals surface area contributed by atoms with Crippen LogP contribution in [0.15, 0.2) is 34.9 Å². The molecule has 0 bridgehead atoms. The van der Waals surface area contributed by atoms with Crippen molar-refractivity contribution in [1.82, 2.24) is 15.3 Å². The molecule has 1 N–H and O–H groups in total. The van der Waals surface area contributed by atoms with Gasteiger partial charge in [-0.2, -0.15) is 0 Å². The third-order valence-electron chi connectivity index (χ3n) is 3.11. The minimum Gasteiger partial charge on any atom is -0.378 e. The van der Waals surface area contributed by atoms with E-state index in [1.165, 1.54) is 6.07 Å². The maximum absolute atomic E-state index is 13.9. The van der Waals surface area contributed by atoms with Gasteiger partial charge >= 0.3 is 0 Å². The van der Waals surface area contributed by atoms with Gasteiger partial charge in [-0.25, -0.2) is 14.4 Å². The Bertz CT molecular complexity index is 617. The zero-order chi connectivity index (χ0) is 13.9. The number of morpholine rings is 1. The first kappa shape index (κ1) is 13.6. The van der Waals surface area contributed by atoms with Crippen LogP contribution in [0.4, 0.5) is 4.39 Å². The van der Waals surface area contributed by atoms with E-state index in [0.717, 1.165) is 11.0 Å². The van der Waals surface area contributed by atoms with Gasteiger partial charge in [0.15, 0.2) is 0 Å². The minimum atomic E-state index is -0.300. The summed E-state index contributed by atoms with van der Waals surface area (Å²) in [5.74, 6) is 0.326. The molecule has 104 valence electrons. The Morgan fingerprint density at radius 1 is 1.35 bits per heavy atom. The van der Waals surface area contributed by atoms with Gasteiger partial charge < -0.3 is 10.1 Å². The fourth-order valence-corrected chi connectivity index (χ4v) is 2.48. The molecule has 1 atom stereocenters. The first-order chi connectivity index (χ1) is 9.74.